The van der Waals surface area contributed by atoms with Crippen LogP contribution in [0.15, 0.2) is 24.3 Å². The number of aromatic amines is 1. The molecular weight excluding hydrogens is 232 g/mol. The third-order valence-electron chi connectivity index (χ3n) is 2.40. The van der Waals surface area contributed by atoms with Crippen LogP contribution < -0.4 is 10.1 Å². The second-order valence-corrected chi connectivity index (χ2v) is 3.72. The molecule has 0 saturated heterocycles. The highest BCUT2D eigenvalue weighted by Crippen LogP contribution is 2.16. The quantitative estimate of drug-likeness (QED) is 0.845. The number of hydrogen-bond acceptors (Lipinski definition) is 4. The highest BCUT2D eigenvalue weighted by Gasteiger charge is 2.11. The van der Waals surface area contributed by atoms with Crippen molar-refractivity contribution in [3.63, 3.8) is 0 Å². The summed E-state index contributed by atoms with van der Waals surface area (Å²) in [5.41, 5.74) is 0.493. The number of ether oxygens (including phenoxy) is 1. The molecule has 18 heavy (non-hydrogen) atoms. The number of aromatic nitrogens is 3. The van der Waals surface area contributed by atoms with Crippen molar-refractivity contribution < 1.29 is 9.53 Å². The molecule has 94 valence electrons. The standard InChI is InChI=1S/C12H14N4O2/c1-8-14-11(16-15-8)7-13-12(17)9-5-3-4-6-10(9)18-2/h3-6H,7H2,1-2H3,(H,13,17)(H,14,15,16). The molecule has 0 aliphatic rings. The summed E-state index contributed by atoms with van der Waals surface area (Å²) >= 11 is 0. The van der Waals surface area contributed by atoms with Gasteiger partial charge in [0.2, 0.25) is 0 Å². The Kier molecular flexibility index (Phi) is 3.57. The third-order valence-corrected chi connectivity index (χ3v) is 2.40. The van der Waals surface area contributed by atoms with Crippen molar-refractivity contribution in [1.29, 1.82) is 0 Å². The van der Waals surface area contributed by atoms with E-state index in [4.69, 9.17) is 4.74 Å². The van der Waals surface area contributed by atoms with Crippen molar-refractivity contribution in [2.75, 3.05) is 7.11 Å². The molecule has 6 heteroatoms. The summed E-state index contributed by atoms with van der Waals surface area (Å²) in [4.78, 5) is 16.1. The van der Waals surface area contributed by atoms with E-state index in [9.17, 15) is 4.79 Å². The Morgan fingerprint density at radius 1 is 1.44 bits per heavy atom. The summed E-state index contributed by atoms with van der Waals surface area (Å²) in [5.74, 6) is 1.60. The molecule has 0 aliphatic carbocycles. The van der Waals surface area contributed by atoms with Gasteiger partial charge in [-0.15, -0.1) is 0 Å². The lowest BCUT2D eigenvalue weighted by molar-refractivity contribution is 0.0947. The van der Waals surface area contributed by atoms with Crippen LogP contribution in [-0.4, -0.2) is 28.2 Å². The van der Waals surface area contributed by atoms with Gasteiger partial charge in [0.25, 0.3) is 5.91 Å². The summed E-state index contributed by atoms with van der Waals surface area (Å²) in [6.45, 7) is 2.08. The number of nitrogens with zero attached hydrogens (tertiary/aromatic N) is 2. The summed E-state index contributed by atoms with van der Waals surface area (Å²) in [5, 5.41) is 9.40. The molecule has 0 saturated carbocycles. The molecule has 0 bridgehead atoms. The number of H-pyrrole nitrogens is 1. The minimum Gasteiger partial charge on any atom is -0.496 e. The number of benzene rings is 1. The molecule has 0 atom stereocenters. The van der Waals surface area contributed by atoms with Crippen molar-refractivity contribution in [1.82, 2.24) is 20.5 Å². The van der Waals surface area contributed by atoms with E-state index in [-0.39, 0.29) is 12.5 Å². The summed E-state index contributed by atoms with van der Waals surface area (Å²) < 4.78 is 5.12. The number of amides is 1. The van der Waals surface area contributed by atoms with E-state index in [2.05, 4.69) is 20.5 Å². The van der Waals surface area contributed by atoms with E-state index in [1.807, 2.05) is 6.07 Å². The Labute approximate surface area is 104 Å². The maximum atomic E-state index is 11.9. The van der Waals surface area contributed by atoms with Crippen LogP contribution in [0.3, 0.4) is 0 Å². The number of aryl methyl sites for hydroxylation is 1. The van der Waals surface area contributed by atoms with Gasteiger partial charge in [0.05, 0.1) is 19.2 Å². The minimum absolute atomic E-state index is 0.213. The van der Waals surface area contributed by atoms with Gasteiger partial charge in [0.15, 0.2) is 5.82 Å². The van der Waals surface area contributed by atoms with E-state index >= 15 is 0 Å². The first-order chi connectivity index (χ1) is 8.70. The normalized spacial score (nSPS) is 10.1. The van der Waals surface area contributed by atoms with Crippen LogP contribution in [0.1, 0.15) is 22.0 Å². The second-order valence-electron chi connectivity index (χ2n) is 3.72. The van der Waals surface area contributed by atoms with Gasteiger partial charge >= 0.3 is 0 Å². The molecule has 1 heterocycles. The molecule has 0 fully saturated rings. The van der Waals surface area contributed by atoms with Crippen LogP contribution in [0.5, 0.6) is 5.75 Å². The molecule has 1 aromatic heterocycles. The lowest BCUT2D eigenvalue weighted by atomic mass is 10.2. The summed E-state index contributed by atoms with van der Waals surface area (Å²) in [6, 6.07) is 7.05. The van der Waals surface area contributed by atoms with Crippen LogP contribution in [0.4, 0.5) is 0 Å². The fourth-order valence-electron chi connectivity index (χ4n) is 1.55. The van der Waals surface area contributed by atoms with E-state index in [0.717, 1.165) is 5.82 Å². The van der Waals surface area contributed by atoms with Crippen molar-refractivity contribution in [2.45, 2.75) is 13.5 Å². The fourth-order valence-corrected chi connectivity index (χ4v) is 1.55. The first kappa shape index (κ1) is 12.1. The van der Waals surface area contributed by atoms with Gasteiger partial charge in [0, 0.05) is 0 Å². The van der Waals surface area contributed by atoms with E-state index in [0.29, 0.717) is 17.1 Å². The molecule has 0 aliphatic heterocycles. The summed E-state index contributed by atoms with van der Waals surface area (Å²) in [6.07, 6.45) is 0. The predicted molar refractivity (Wildman–Crippen MR) is 65.3 cm³/mol. The zero-order chi connectivity index (χ0) is 13.0. The van der Waals surface area contributed by atoms with Gasteiger partial charge in [-0.1, -0.05) is 12.1 Å². The Balaban J connectivity index is 2.03. The Morgan fingerprint density at radius 3 is 2.89 bits per heavy atom. The van der Waals surface area contributed by atoms with Crippen LogP contribution in [0, 0.1) is 6.92 Å². The highest BCUT2D eigenvalue weighted by atomic mass is 16.5. The maximum absolute atomic E-state index is 11.9. The topological polar surface area (TPSA) is 79.9 Å². The van der Waals surface area contributed by atoms with Crippen molar-refractivity contribution in [3.8, 4) is 5.75 Å². The first-order valence-corrected chi connectivity index (χ1v) is 5.50. The van der Waals surface area contributed by atoms with Crippen molar-refractivity contribution >= 4 is 5.91 Å². The molecule has 2 aromatic rings. The van der Waals surface area contributed by atoms with Gasteiger partial charge in [-0.05, 0) is 19.1 Å². The number of carbonyl (C=O) groups excluding carboxylic acids is 1. The van der Waals surface area contributed by atoms with Gasteiger partial charge in [-0.25, -0.2) is 4.98 Å². The van der Waals surface area contributed by atoms with Crippen molar-refractivity contribution in [3.05, 3.63) is 41.5 Å². The zero-order valence-electron chi connectivity index (χ0n) is 10.2. The monoisotopic (exact) mass is 246 g/mol. The molecule has 6 nitrogen and oxygen atoms in total. The fraction of sp³-hybridized carbons (Fsp3) is 0.250. The van der Waals surface area contributed by atoms with Gasteiger partial charge < -0.3 is 10.1 Å². The Bertz CT molecular complexity index is 551. The highest BCUT2D eigenvalue weighted by molar-refractivity contribution is 5.96. The number of carbonyl (C=O) groups is 1. The molecule has 2 N–H and O–H groups in total. The number of methoxy groups -OCH3 is 1. The Hall–Kier alpha value is -2.37. The molecule has 1 amide bonds. The first-order valence-electron chi connectivity index (χ1n) is 5.50. The molecule has 1 aromatic carbocycles. The number of hydrogen-bond donors (Lipinski definition) is 2. The van der Waals surface area contributed by atoms with E-state index < -0.39 is 0 Å². The van der Waals surface area contributed by atoms with Crippen LogP contribution in [0.2, 0.25) is 0 Å². The minimum atomic E-state index is -0.213. The van der Waals surface area contributed by atoms with E-state index in [1.54, 1.807) is 25.1 Å². The maximum Gasteiger partial charge on any atom is 0.255 e. The Morgan fingerprint density at radius 2 is 2.22 bits per heavy atom. The zero-order valence-corrected chi connectivity index (χ0v) is 10.2. The number of para-hydroxylation sites is 1. The van der Waals surface area contributed by atoms with E-state index in [1.165, 1.54) is 7.11 Å². The van der Waals surface area contributed by atoms with Crippen LogP contribution in [0.25, 0.3) is 0 Å². The third kappa shape index (κ3) is 2.65. The number of nitrogens with one attached hydrogen (secondary N) is 2. The molecule has 0 unspecified atom stereocenters. The smallest absolute Gasteiger partial charge is 0.255 e. The SMILES string of the molecule is COc1ccccc1C(=O)NCc1n[nH]c(C)n1. The van der Waals surface area contributed by atoms with Gasteiger partial charge in [-0.2, -0.15) is 5.10 Å². The predicted octanol–water partition coefficient (Wildman–Crippen LogP) is 1.05. The summed E-state index contributed by atoms with van der Waals surface area (Å²) in [7, 11) is 1.53. The van der Waals surface area contributed by atoms with Crippen molar-refractivity contribution in [2.24, 2.45) is 0 Å². The average molecular weight is 246 g/mol. The molecular formula is C12H14N4O2. The average Bonchev–Trinajstić information content (AvgIpc) is 2.81. The lowest BCUT2D eigenvalue weighted by Gasteiger charge is -2.07. The van der Waals surface area contributed by atoms with Gasteiger partial charge in [-0.3, -0.25) is 9.89 Å². The van der Waals surface area contributed by atoms with Crippen LogP contribution in [-0.2, 0) is 6.54 Å². The number of rotatable bonds is 4. The molecule has 0 spiro atoms. The largest absolute Gasteiger partial charge is 0.496 e. The molecule has 0 radical (unpaired) electrons. The van der Waals surface area contributed by atoms with Crippen LogP contribution >= 0.6 is 0 Å². The van der Waals surface area contributed by atoms with Gasteiger partial charge in [0.1, 0.15) is 11.6 Å². The molecule has 2 rings (SSSR count). The lowest BCUT2D eigenvalue weighted by Crippen LogP contribution is -2.23. The second kappa shape index (κ2) is 5.31.